The van der Waals surface area contributed by atoms with Crippen molar-refractivity contribution in [2.24, 2.45) is 0 Å². The highest BCUT2D eigenvalue weighted by Gasteiger charge is 2.06. The lowest BCUT2D eigenvalue weighted by molar-refractivity contribution is 0.273. The Kier molecular flexibility index (Phi) is 3.90. The lowest BCUT2D eigenvalue weighted by Crippen LogP contribution is -1.99. The molecule has 0 aliphatic carbocycles. The van der Waals surface area contributed by atoms with E-state index in [9.17, 15) is 0 Å². The lowest BCUT2D eigenvalue weighted by atomic mass is 9.98. The van der Waals surface area contributed by atoms with E-state index in [1.165, 1.54) is 0 Å². The molecule has 1 nitrogen and oxygen atoms in total. The predicted octanol–water partition coefficient (Wildman–Crippen LogP) is 3.58. The van der Waals surface area contributed by atoms with E-state index in [4.69, 9.17) is 5.11 Å². The van der Waals surface area contributed by atoms with Crippen LogP contribution in [0.3, 0.4) is 0 Å². The molecule has 1 aromatic carbocycles. The van der Waals surface area contributed by atoms with Gasteiger partial charge in [-0.25, -0.2) is 0 Å². The van der Waals surface area contributed by atoms with Crippen LogP contribution in [0.25, 0.3) is 5.57 Å². The average Bonchev–Trinajstić information content (AvgIpc) is 2.15. The number of hydrogen-bond donors (Lipinski definition) is 1. The van der Waals surface area contributed by atoms with Crippen LogP contribution < -0.4 is 0 Å². The summed E-state index contributed by atoms with van der Waals surface area (Å²) in [5.41, 5.74) is 3.30. The van der Waals surface area contributed by atoms with Gasteiger partial charge in [-0.1, -0.05) is 41.1 Å². The smallest absolute Gasteiger partial charge is 0.0497 e. The number of allylic oxidation sites excluding steroid dienone is 1. The van der Waals surface area contributed by atoms with Crippen molar-refractivity contribution >= 4 is 21.5 Å². The van der Waals surface area contributed by atoms with Crippen LogP contribution in [0.5, 0.6) is 0 Å². The molecule has 14 heavy (non-hydrogen) atoms. The summed E-state index contributed by atoms with van der Waals surface area (Å²) in [4.78, 5) is 0. The maximum Gasteiger partial charge on any atom is 0.0497 e. The normalized spacial score (nSPS) is 12.6. The Morgan fingerprint density at radius 1 is 1.50 bits per heavy atom. The van der Waals surface area contributed by atoms with Crippen LogP contribution in [0.1, 0.15) is 30.9 Å². The van der Waals surface area contributed by atoms with E-state index in [1.807, 2.05) is 26.0 Å². The van der Waals surface area contributed by atoms with Gasteiger partial charge < -0.3 is 5.11 Å². The van der Waals surface area contributed by atoms with Crippen LogP contribution in [-0.4, -0.2) is 11.7 Å². The van der Waals surface area contributed by atoms with E-state index in [0.717, 1.165) is 21.2 Å². The number of halogens is 1. The molecule has 0 saturated heterocycles. The Bertz CT molecular complexity index is 344. The minimum Gasteiger partial charge on any atom is -0.396 e. The fraction of sp³-hybridized carbons (Fsp3) is 0.333. The molecule has 0 fully saturated rings. The van der Waals surface area contributed by atoms with Gasteiger partial charge in [0, 0.05) is 17.0 Å². The predicted molar refractivity (Wildman–Crippen MR) is 64.4 cm³/mol. The number of aliphatic hydroxyl groups excluding tert-OH is 1. The number of rotatable bonds is 3. The molecule has 1 N–H and O–H groups in total. The molecule has 0 amide bonds. The molecule has 0 aromatic heterocycles. The van der Waals surface area contributed by atoms with Crippen LogP contribution in [-0.2, 0) is 0 Å². The van der Waals surface area contributed by atoms with Gasteiger partial charge in [0.25, 0.3) is 0 Å². The largest absolute Gasteiger partial charge is 0.396 e. The fourth-order valence-corrected chi connectivity index (χ4v) is 1.76. The first-order valence-electron chi connectivity index (χ1n) is 4.62. The maximum atomic E-state index is 9.07. The van der Waals surface area contributed by atoms with Gasteiger partial charge in [0.15, 0.2) is 0 Å². The van der Waals surface area contributed by atoms with Crippen molar-refractivity contribution in [3.8, 4) is 0 Å². The van der Waals surface area contributed by atoms with Crippen LogP contribution >= 0.6 is 15.9 Å². The van der Waals surface area contributed by atoms with Gasteiger partial charge in [0.1, 0.15) is 0 Å². The van der Waals surface area contributed by atoms with Crippen LogP contribution in [0.4, 0.5) is 0 Å². The van der Waals surface area contributed by atoms with Gasteiger partial charge in [-0.2, -0.15) is 0 Å². The molecular formula is C12H15BrO. The number of hydrogen-bond acceptors (Lipinski definition) is 1. The summed E-state index contributed by atoms with van der Waals surface area (Å²) in [6.45, 7) is 8.07. The molecule has 2 heteroatoms. The third-order valence-electron chi connectivity index (χ3n) is 2.26. The van der Waals surface area contributed by atoms with Crippen molar-refractivity contribution in [3.05, 3.63) is 40.4 Å². The Balaban J connectivity index is 3.13. The Morgan fingerprint density at radius 3 is 2.64 bits per heavy atom. The van der Waals surface area contributed by atoms with Gasteiger partial charge in [0.2, 0.25) is 0 Å². The van der Waals surface area contributed by atoms with Crippen molar-refractivity contribution < 1.29 is 5.11 Å². The molecule has 1 unspecified atom stereocenters. The van der Waals surface area contributed by atoms with Gasteiger partial charge in [-0.15, -0.1) is 0 Å². The minimum absolute atomic E-state index is 0.172. The molecular weight excluding hydrogens is 240 g/mol. The second kappa shape index (κ2) is 4.76. The number of aliphatic hydroxyl groups is 1. The molecule has 0 spiro atoms. The summed E-state index contributed by atoms with van der Waals surface area (Å²) >= 11 is 3.46. The van der Waals surface area contributed by atoms with Crippen molar-refractivity contribution in [1.82, 2.24) is 0 Å². The highest BCUT2D eigenvalue weighted by molar-refractivity contribution is 9.10. The van der Waals surface area contributed by atoms with Crippen molar-refractivity contribution in [2.75, 3.05) is 6.61 Å². The lowest BCUT2D eigenvalue weighted by Gasteiger charge is -2.11. The molecule has 1 aromatic rings. The van der Waals surface area contributed by atoms with Gasteiger partial charge in [-0.05, 0) is 30.2 Å². The highest BCUT2D eigenvalue weighted by Crippen LogP contribution is 2.25. The first-order valence-corrected chi connectivity index (χ1v) is 5.41. The highest BCUT2D eigenvalue weighted by atomic mass is 79.9. The Labute approximate surface area is 93.6 Å². The molecule has 0 aliphatic heterocycles. The zero-order valence-corrected chi connectivity index (χ0v) is 10.1. The third-order valence-corrected chi connectivity index (χ3v) is 2.71. The molecule has 76 valence electrons. The number of benzene rings is 1. The van der Waals surface area contributed by atoms with E-state index in [0.29, 0.717) is 0 Å². The molecule has 0 aliphatic rings. The van der Waals surface area contributed by atoms with E-state index in [2.05, 4.69) is 28.6 Å². The molecule has 0 radical (unpaired) electrons. The monoisotopic (exact) mass is 254 g/mol. The van der Waals surface area contributed by atoms with Crippen molar-refractivity contribution in [3.63, 3.8) is 0 Å². The fourth-order valence-electron chi connectivity index (χ4n) is 1.25. The van der Waals surface area contributed by atoms with Crippen LogP contribution in [0.2, 0.25) is 0 Å². The summed E-state index contributed by atoms with van der Waals surface area (Å²) in [6.07, 6.45) is 0. The molecule has 0 heterocycles. The first kappa shape index (κ1) is 11.5. The van der Waals surface area contributed by atoms with Gasteiger partial charge in [0.05, 0.1) is 0 Å². The third kappa shape index (κ3) is 2.69. The zero-order chi connectivity index (χ0) is 10.7. The second-order valence-electron chi connectivity index (χ2n) is 3.64. The average molecular weight is 255 g/mol. The first-order chi connectivity index (χ1) is 6.54. The van der Waals surface area contributed by atoms with E-state index < -0.39 is 0 Å². The van der Waals surface area contributed by atoms with E-state index in [-0.39, 0.29) is 12.5 Å². The second-order valence-corrected chi connectivity index (χ2v) is 4.55. The minimum atomic E-state index is 0.172. The van der Waals surface area contributed by atoms with Gasteiger partial charge >= 0.3 is 0 Å². The maximum absolute atomic E-state index is 9.07. The molecule has 1 atom stereocenters. The van der Waals surface area contributed by atoms with Gasteiger partial charge in [-0.3, -0.25) is 0 Å². The summed E-state index contributed by atoms with van der Waals surface area (Å²) in [5.74, 6) is 0.172. The summed E-state index contributed by atoms with van der Waals surface area (Å²) < 4.78 is 1.04. The summed E-state index contributed by atoms with van der Waals surface area (Å²) in [6, 6.07) is 6.15. The molecule has 0 saturated carbocycles. The van der Waals surface area contributed by atoms with E-state index >= 15 is 0 Å². The van der Waals surface area contributed by atoms with Crippen molar-refractivity contribution in [1.29, 1.82) is 0 Å². The Hall–Kier alpha value is -0.600. The van der Waals surface area contributed by atoms with Crippen LogP contribution in [0, 0.1) is 0 Å². The molecule has 1 rings (SSSR count). The summed E-state index contributed by atoms with van der Waals surface area (Å²) in [5, 5.41) is 9.07. The standard InChI is InChI=1S/C12H15BrO/c1-8(2)10-4-11(9(3)7-14)6-12(13)5-10/h4-6,9,14H,1,7H2,2-3H3. The van der Waals surface area contributed by atoms with E-state index in [1.54, 1.807) is 0 Å². The van der Waals surface area contributed by atoms with Crippen molar-refractivity contribution in [2.45, 2.75) is 19.8 Å². The Morgan fingerprint density at radius 2 is 2.14 bits per heavy atom. The quantitative estimate of drug-likeness (QED) is 0.875. The van der Waals surface area contributed by atoms with Crippen LogP contribution in [0.15, 0.2) is 29.3 Å². The SMILES string of the molecule is C=C(C)c1cc(Br)cc(C(C)CO)c1. The molecule has 0 bridgehead atoms. The topological polar surface area (TPSA) is 20.2 Å². The zero-order valence-electron chi connectivity index (χ0n) is 8.55. The summed E-state index contributed by atoms with van der Waals surface area (Å²) in [7, 11) is 0.